The van der Waals surface area contributed by atoms with Crippen LogP contribution in [0, 0.1) is 3.57 Å². The molecule has 0 atom stereocenters. The zero-order valence-corrected chi connectivity index (χ0v) is 21.7. The summed E-state index contributed by atoms with van der Waals surface area (Å²) in [4.78, 5) is 26.3. The number of thioether (sulfide) groups is 1. The minimum Gasteiger partial charge on any atom is -0.495 e. The molecule has 0 radical (unpaired) electrons. The molecule has 7 nitrogen and oxygen atoms in total. The first-order valence-electron chi connectivity index (χ1n) is 8.97. The molecule has 1 aliphatic heterocycles. The summed E-state index contributed by atoms with van der Waals surface area (Å²) in [6, 6.07) is 8.56. The summed E-state index contributed by atoms with van der Waals surface area (Å²) < 4.78 is 21.8. The Morgan fingerprint density at radius 2 is 1.91 bits per heavy atom. The van der Waals surface area contributed by atoms with Crippen molar-refractivity contribution in [3.63, 3.8) is 0 Å². The van der Waals surface area contributed by atoms with Crippen molar-refractivity contribution < 1.29 is 28.5 Å². The van der Waals surface area contributed by atoms with Gasteiger partial charge in [-0.05, 0) is 64.6 Å². The highest BCUT2D eigenvalue weighted by atomic mass is 127. The van der Waals surface area contributed by atoms with Crippen molar-refractivity contribution in [3.8, 4) is 17.2 Å². The molecule has 0 N–H and O–H groups in total. The third-order valence-corrected chi connectivity index (χ3v) is 6.70. The summed E-state index contributed by atoms with van der Waals surface area (Å²) in [6.45, 7) is -0.245. The van der Waals surface area contributed by atoms with Gasteiger partial charge in [0.2, 0.25) is 0 Å². The van der Waals surface area contributed by atoms with Gasteiger partial charge in [0.15, 0.2) is 22.4 Å². The molecule has 168 valence electrons. The second-order valence-electron chi connectivity index (χ2n) is 6.23. The molecular weight excluding hydrogens is 589 g/mol. The maximum absolute atomic E-state index is 13.1. The predicted molar refractivity (Wildman–Crippen MR) is 137 cm³/mol. The van der Waals surface area contributed by atoms with Crippen LogP contribution in [0.15, 0.2) is 35.2 Å². The van der Waals surface area contributed by atoms with E-state index in [1.807, 2.05) is 6.07 Å². The first-order valence-corrected chi connectivity index (χ1v) is 11.7. The number of thiocarbonyl (C=S) groups is 1. The first kappa shape index (κ1) is 24.6. The number of carbonyl (C=O) groups is 2. The van der Waals surface area contributed by atoms with Crippen LogP contribution in [0.3, 0.4) is 0 Å². The largest absolute Gasteiger partial charge is 0.495 e. The average Bonchev–Trinajstić information content (AvgIpc) is 3.04. The number of ether oxygens (including phenoxy) is 4. The van der Waals surface area contributed by atoms with Crippen LogP contribution in [0.5, 0.6) is 17.2 Å². The van der Waals surface area contributed by atoms with Crippen LogP contribution in [0.2, 0.25) is 5.02 Å². The molecule has 1 aliphatic rings. The number of nitrogens with zero attached hydrogens (tertiary/aromatic N) is 1. The van der Waals surface area contributed by atoms with E-state index in [1.54, 1.807) is 30.3 Å². The summed E-state index contributed by atoms with van der Waals surface area (Å²) >= 11 is 14.9. The van der Waals surface area contributed by atoms with Crippen molar-refractivity contribution in [3.05, 3.63) is 49.4 Å². The zero-order valence-electron chi connectivity index (χ0n) is 17.1. The van der Waals surface area contributed by atoms with Crippen LogP contribution in [0.25, 0.3) is 6.08 Å². The lowest BCUT2D eigenvalue weighted by Gasteiger charge is -2.15. The van der Waals surface area contributed by atoms with Crippen molar-refractivity contribution in [2.24, 2.45) is 0 Å². The number of carbonyl (C=O) groups excluding carboxylic acids is 2. The topological polar surface area (TPSA) is 74.3 Å². The lowest BCUT2D eigenvalue weighted by atomic mass is 10.1. The van der Waals surface area contributed by atoms with Gasteiger partial charge in [-0.25, -0.2) is 4.79 Å². The summed E-state index contributed by atoms with van der Waals surface area (Å²) in [5.74, 6) is 0.573. The third-order valence-electron chi connectivity index (χ3n) is 4.30. The average molecular weight is 606 g/mol. The van der Waals surface area contributed by atoms with Gasteiger partial charge in [0.25, 0.3) is 5.91 Å². The van der Waals surface area contributed by atoms with Crippen molar-refractivity contribution in [1.29, 1.82) is 0 Å². The summed E-state index contributed by atoms with van der Waals surface area (Å²) in [7, 11) is 4.30. The van der Waals surface area contributed by atoms with Gasteiger partial charge < -0.3 is 18.9 Å². The second-order valence-corrected chi connectivity index (χ2v) is 9.48. The number of hydrogen-bond acceptors (Lipinski definition) is 8. The van der Waals surface area contributed by atoms with Crippen LogP contribution < -0.4 is 19.1 Å². The number of esters is 1. The van der Waals surface area contributed by atoms with E-state index in [-0.39, 0.29) is 12.5 Å². The standard InChI is InChI=1S/C21H17ClINO6S2/c1-27-15-5-4-12(9-13(15)22)24-20(26)17(32-21(24)31)8-11-6-14(23)19(16(7-11)28-2)30-10-18(25)29-3/h4-9H,10H2,1-3H3/b17-8-. The molecule has 3 rings (SSSR count). The number of anilines is 1. The molecule has 32 heavy (non-hydrogen) atoms. The fraction of sp³-hybridized carbons (Fsp3) is 0.190. The Balaban J connectivity index is 1.89. The van der Waals surface area contributed by atoms with Crippen LogP contribution in [0.4, 0.5) is 5.69 Å². The molecule has 2 aromatic carbocycles. The summed E-state index contributed by atoms with van der Waals surface area (Å²) in [5.41, 5.74) is 1.27. The lowest BCUT2D eigenvalue weighted by molar-refractivity contribution is -0.142. The molecule has 0 aromatic heterocycles. The minimum atomic E-state index is -0.505. The summed E-state index contributed by atoms with van der Waals surface area (Å²) in [5, 5.41) is 0.380. The number of methoxy groups -OCH3 is 3. The Labute approximate surface area is 213 Å². The molecule has 11 heteroatoms. The van der Waals surface area contributed by atoms with E-state index in [2.05, 4.69) is 27.3 Å². The van der Waals surface area contributed by atoms with Gasteiger partial charge in [0.1, 0.15) is 5.75 Å². The van der Waals surface area contributed by atoms with Crippen LogP contribution in [-0.4, -0.2) is 44.1 Å². The summed E-state index contributed by atoms with van der Waals surface area (Å²) in [6.07, 6.45) is 1.72. The van der Waals surface area contributed by atoms with Gasteiger partial charge in [0, 0.05) is 0 Å². The fourth-order valence-corrected chi connectivity index (χ4v) is 5.12. The quantitative estimate of drug-likeness (QED) is 0.191. The van der Waals surface area contributed by atoms with Crippen molar-refractivity contribution in [2.75, 3.05) is 32.8 Å². The van der Waals surface area contributed by atoms with Gasteiger partial charge in [-0.3, -0.25) is 9.69 Å². The van der Waals surface area contributed by atoms with Crippen LogP contribution in [-0.2, 0) is 14.3 Å². The maximum Gasteiger partial charge on any atom is 0.343 e. The Kier molecular flexibility index (Phi) is 8.26. The third kappa shape index (κ3) is 5.30. The van der Waals surface area contributed by atoms with E-state index in [0.717, 1.165) is 0 Å². The Hall–Kier alpha value is -2.02. The normalized spacial score (nSPS) is 14.7. The predicted octanol–water partition coefficient (Wildman–Crippen LogP) is 4.92. The van der Waals surface area contributed by atoms with E-state index in [4.69, 9.17) is 38.0 Å². The van der Waals surface area contributed by atoms with E-state index >= 15 is 0 Å². The highest BCUT2D eigenvalue weighted by molar-refractivity contribution is 14.1. The van der Waals surface area contributed by atoms with Crippen LogP contribution in [0.1, 0.15) is 5.56 Å². The molecule has 0 unspecified atom stereocenters. The zero-order chi connectivity index (χ0) is 23.4. The van der Waals surface area contributed by atoms with E-state index in [1.165, 1.54) is 38.0 Å². The van der Waals surface area contributed by atoms with Gasteiger partial charge in [-0.1, -0.05) is 35.6 Å². The van der Waals surface area contributed by atoms with Gasteiger partial charge >= 0.3 is 5.97 Å². The molecule has 0 bridgehead atoms. The molecule has 0 aliphatic carbocycles. The molecular formula is C21H17ClINO6S2. The van der Waals surface area contributed by atoms with Crippen molar-refractivity contribution >= 4 is 86.1 Å². The van der Waals surface area contributed by atoms with E-state index in [9.17, 15) is 9.59 Å². The first-order chi connectivity index (χ1) is 15.3. The van der Waals surface area contributed by atoms with Crippen molar-refractivity contribution in [1.82, 2.24) is 0 Å². The smallest absolute Gasteiger partial charge is 0.343 e. The highest BCUT2D eigenvalue weighted by Gasteiger charge is 2.33. The second kappa shape index (κ2) is 10.7. The maximum atomic E-state index is 13.1. The number of halogens is 2. The van der Waals surface area contributed by atoms with Gasteiger partial charge in [0.05, 0.1) is 40.5 Å². The Bertz CT molecular complexity index is 1120. The highest BCUT2D eigenvalue weighted by Crippen LogP contribution is 2.40. The van der Waals surface area contributed by atoms with Gasteiger partial charge in [-0.2, -0.15) is 0 Å². The van der Waals surface area contributed by atoms with E-state index in [0.29, 0.717) is 46.3 Å². The lowest BCUT2D eigenvalue weighted by Crippen LogP contribution is -2.27. The molecule has 1 saturated heterocycles. The number of rotatable bonds is 7. The monoisotopic (exact) mass is 605 g/mol. The van der Waals surface area contributed by atoms with Crippen LogP contribution >= 0.6 is 58.2 Å². The Morgan fingerprint density at radius 1 is 1.19 bits per heavy atom. The molecule has 0 saturated carbocycles. The minimum absolute atomic E-state index is 0.245. The Morgan fingerprint density at radius 3 is 2.53 bits per heavy atom. The molecule has 0 spiro atoms. The number of hydrogen-bond donors (Lipinski definition) is 0. The molecule has 1 amide bonds. The number of benzene rings is 2. The number of amides is 1. The molecule has 2 aromatic rings. The molecule has 1 heterocycles. The van der Waals surface area contributed by atoms with Gasteiger partial charge in [-0.15, -0.1) is 0 Å². The van der Waals surface area contributed by atoms with E-state index < -0.39 is 5.97 Å². The van der Waals surface area contributed by atoms with Crippen molar-refractivity contribution in [2.45, 2.75) is 0 Å². The SMILES string of the molecule is COC(=O)COc1c(I)cc(/C=C2\SC(=S)N(c3ccc(OC)c(Cl)c3)C2=O)cc1OC. The fourth-order valence-electron chi connectivity index (χ4n) is 2.79. The molecule has 1 fully saturated rings.